The van der Waals surface area contributed by atoms with Crippen LogP contribution in [0.25, 0.3) is 0 Å². The maximum Gasteiger partial charge on any atom is 0.237 e. The maximum absolute atomic E-state index is 12.1. The molecule has 1 amide bonds. The number of nitrogens with zero attached hydrogens (tertiary/aromatic N) is 3. The number of likely N-dealkylation sites (N-methyl/N-ethyl adjacent to an activating group) is 2. The van der Waals surface area contributed by atoms with E-state index in [1.54, 1.807) is 0 Å². The molecule has 0 radical (unpaired) electrons. The molecule has 0 aliphatic carbocycles. The molecule has 2 fully saturated rings. The predicted molar refractivity (Wildman–Crippen MR) is 76.9 cm³/mol. The molecule has 2 unspecified atom stereocenters. The first-order valence-electron chi connectivity index (χ1n) is 7.39. The molecule has 5 nitrogen and oxygen atoms in total. The van der Waals surface area contributed by atoms with Crippen molar-refractivity contribution < 1.29 is 4.79 Å². The van der Waals surface area contributed by atoms with Gasteiger partial charge in [0.25, 0.3) is 0 Å². The van der Waals surface area contributed by atoms with Crippen LogP contribution in [-0.2, 0) is 4.79 Å². The summed E-state index contributed by atoms with van der Waals surface area (Å²) in [6.07, 6.45) is 1.27. The van der Waals surface area contributed by atoms with E-state index >= 15 is 0 Å². The van der Waals surface area contributed by atoms with E-state index in [4.69, 9.17) is 0 Å². The zero-order valence-corrected chi connectivity index (χ0v) is 12.7. The van der Waals surface area contributed by atoms with Gasteiger partial charge in [0.1, 0.15) is 0 Å². The molecular formula is C14H28N4O. The van der Waals surface area contributed by atoms with Crippen molar-refractivity contribution in [1.82, 2.24) is 20.0 Å². The highest BCUT2D eigenvalue weighted by atomic mass is 16.2. The van der Waals surface area contributed by atoms with Crippen LogP contribution >= 0.6 is 0 Å². The molecule has 2 heterocycles. The molecule has 0 aromatic heterocycles. The molecule has 2 rings (SSSR count). The third-order valence-corrected chi connectivity index (χ3v) is 4.27. The molecule has 2 aliphatic rings. The zero-order valence-electron chi connectivity index (χ0n) is 12.7. The van der Waals surface area contributed by atoms with Crippen LogP contribution in [0.15, 0.2) is 0 Å². The van der Waals surface area contributed by atoms with E-state index in [2.05, 4.69) is 48.0 Å². The van der Waals surface area contributed by atoms with Gasteiger partial charge >= 0.3 is 0 Å². The SMILES string of the molecule is CC(C)CC1NCC(=O)N1CC1CN(C)CCN1C. The van der Waals surface area contributed by atoms with E-state index < -0.39 is 0 Å². The van der Waals surface area contributed by atoms with Gasteiger partial charge < -0.3 is 9.80 Å². The van der Waals surface area contributed by atoms with Gasteiger partial charge in [-0.1, -0.05) is 13.8 Å². The Morgan fingerprint density at radius 3 is 2.74 bits per heavy atom. The number of carbonyl (C=O) groups is 1. The molecule has 0 spiro atoms. The Kier molecular flexibility index (Phi) is 4.81. The lowest BCUT2D eigenvalue weighted by Gasteiger charge is -2.40. The molecule has 2 saturated heterocycles. The largest absolute Gasteiger partial charge is 0.324 e. The minimum absolute atomic E-state index is 0.230. The van der Waals surface area contributed by atoms with Crippen LogP contribution in [0, 0.1) is 5.92 Å². The molecule has 19 heavy (non-hydrogen) atoms. The lowest BCUT2D eigenvalue weighted by molar-refractivity contribution is -0.129. The molecule has 0 saturated carbocycles. The Hall–Kier alpha value is -0.650. The smallest absolute Gasteiger partial charge is 0.237 e. The van der Waals surface area contributed by atoms with Crippen LogP contribution in [0.3, 0.4) is 0 Å². The Morgan fingerprint density at radius 2 is 2.05 bits per heavy atom. The summed E-state index contributed by atoms with van der Waals surface area (Å²) in [5.74, 6) is 0.866. The van der Waals surface area contributed by atoms with Crippen molar-refractivity contribution >= 4 is 5.91 Å². The third-order valence-electron chi connectivity index (χ3n) is 4.27. The fraction of sp³-hybridized carbons (Fsp3) is 0.929. The zero-order chi connectivity index (χ0) is 14.0. The van der Waals surface area contributed by atoms with Crippen molar-refractivity contribution in [3.05, 3.63) is 0 Å². The number of rotatable bonds is 4. The highest BCUT2D eigenvalue weighted by molar-refractivity contribution is 5.80. The molecular weight excluding hydrogens is 240 g/mol. The second-order valence-electron chi connectivity index (χ2n) is 6.47. The Bertz CT molecular complexity index is 321. The quantitative estimate of drug-likeness (QED) is 0.781. The summed E-state index contributed by atoms with van der Waals surface area (Å²) in [6.45, 7) is 9.04. The number of piperazine rings is 1. The second kappa shape index (κ2) is 6.20. The van der Waals surface area contributed by atoms with E-state index in [0.29, 0.717) is 18.5 Å². The van der Waals surface area contributed by atoms with Crippen LogP contribution < -0.4 is 5.32 Å². The van der Waals surface area contributed by atoms with Gasteiger partial charge in [0.15, 0.2) is 0 Å². The van der Waals surface area contributed by atoms with Gasteiger partial charge in [0.05, 0.1) is 12.7 Å². The van der Waals surface area contributed by atoms with Crippen molar-refractivity contribution in [2.75, 3.05) is 46.8 Å². The summed E-state index contributed by atoms with van der Waals surface area (Å²) in [6, 6.07) is 0.456. The van der Waals surface area contributed by atoms with Gasteiger partial charge in [-0.15, -0.1) is 0 Å². The first-order chi connectivity index (χ1) is 8.97. The highest BCUT2D eigenvalue weighted by Crippen LogP contribution is 2.17. The molecule has 2 aliphatic heterocycles. The van der Waals surface area contributed by atoms with Crippen LogP contribution in [-0.4, -0.2) is 79.6 Å². The minimum atomic E-state index is 0.230. The fourth-order valence-electron chi connectivity index (χ4n) is 3.00. The van der Waals surface area contributed by atoms with Crippen molar-refractivity contribution in [1.29, 1.82) is 0 Å². The topological polar surface area (TPSA) is 38.8 Å². The van der Waals surface area contributed by atoms with Crippen molar-refractivity contribution in [3.63, 3.8) is 0 Å². The predicted octanol–water partition coefficient (Wildman–Crippen LogP) is 0.0362. The maximum atomic E-state index is 12.1. The van der Waals surface area contributed by atoms with Crippen LogP contribution in [0.2, 0.25) is 0 Å². The summed E-state index contributed by atoms with van der Waals surface area (Å²) in [7, 11) is 4.33. The second-order valence-corrected chi connectivity index (χ2v) is 6.47. The molecule has 110 valence electrons. The number of carbonyl (C=O) groups excluding carboxylic acids is 1. The Labute approximate surface area is 116 Å². The van der Waals surface area contributed by atoms with Gasteiger partial charge in [-0.25, -0.2) is 0 Å². The summed E-state index contributed by atoms with van der Waals surface area (Å²) in [5.41, 5.74) is 0. The van der Waals surface area contributed by atoms with E-state index in [1.807, 2.05) is 0 Å². The van der Waals surface area contributed by atoms with E-state index in [0.717, 1.165) is 32.6 Å². The molecule has 5 heteroatoms. The van der Waals surface area contributed by atoms with Crippen LogP contribution in [0.5, 0.6) is 0 Å². The average molecular weight is 268 g/mol. The van der Waals surface area contributed by atoms with Gasteiger partial charge in [-0.3, -0.25) is 15.0 Å². The van der Waals surface area contributed by atoms with Gasteiger partial charge in [-0.2, -0.15) is 0 Å². The first kappa shape index (κ1) is 14.8. The minimum Gasteiger partial charge on any atom is -0.324 e. The van der Waals surface area contributed by atoms with Crippen LogP contribution in [0.4, 0.5) is 0 Å². The van der Waals surface area contributed by atoms with Gasteiger partial charge in [-0.05, 0) is 26.4 Å². The highest BCUT2D eigenvalue weighted by Gasteiger charge is 2.34. The molecule has 0 aromatic carbocycles. The number of nitrogens with one attached hydrogen (secondary N) is 1. The lowest BCUT2D eigenvalue weighted by Crippen LogP contribution is -2.56. The van der Waals surface area contributed by atoms with Crippen molar-refractivity contribution in [3.8, 4) is 0 Å². The molecule has 1 N–H and O–H groups in total. The van der Waals surface area contributed by atoms with E-state index in [-0.39, 0.29) is 12.1 Å². The summed E-state index contributed by atoms with van der Waals surface area (Å²) in [4.78, 5) is 18.9. The van der Waals surface area contributed by atoms with Crippen molar-refractivity contribution in [2.45, 2.75) is 32.5 Å². The third kappa shape index (κ3) is 3.68. The number of hydrogen-bond acceptors (Lipinski definition) is 4. The Balaban J connectivity index is 1.96. The Morgan fingerprint density at radius 1 is 1.32 bits per heavy atom. The standard InChI is InChI=1S/C14H28N4O/c1-11(2)7-13-15-8-14(19)18(13)10-12-9-16(3)5-6-17(12)4/h11-13,15H,5-10H2,1-4H3. The monoisotopic (exact) mass is 268 g/mol. The fourth-order valence-corrected chi connectivity index (χ4v) is 3.00. The van der Waals surface area contributed by atoms with E-state index in [1.165, 1.54) is 0 Å². The normalized spacial score (nSPS) is 30.6. The molecule has 0 bridgehead atoms. The summed E-state index contributed by atoms with van der Waals surface area (Å²) < 4.78 is 0. The van der Waals surface area contributed by atoms with Crippen LogP contribution in [0.1, 0.15) is 20.3 Å². The van der Waals surface area contributed by atoms with E-state index in [9.17, 15) is 4.79 Å². The van der Waals surface area contributed by atoms with Crippen molar-refractivity contribution in [2.24, 2.45) is 5.92 Å². The average Bonchev–Trinajstić information content (AvgIpc) is 2.65. The lowest BCUT2D eigenvalue weighted by atomic mass is 10.1. The first-order valence-corrected chi connectivity index (χ1v) is 7.39. The summed E-state index contributed by atoms with van der Waals surface area (Å²) in [5, 5.41) is 3.35. The summed E-state index contributed by atoms with van der Waals surface area (Å²) >= 11 is 0. The number of hydrogen-bond donors (Lipinski definition) is 1. The van der Waals surface area contributed by atoms with Gasteiger partial charge in [0.2, 0.25) is 5.91 Å². The molecule has 0 aromatic rings. The number of amides is 1. The molecule has 2 atom stereocenters. The van der Waals surface area contributed by atoms with Gasteiger partial charge in [0, 0.05) is 32.2 Å².